The Bertz CT molecular complexity index is 948. The Morgan fingerprint density at radius 1 is 0.963 bits per heavy atom. The maximum absolute atomic E-state index is 12.4. The van der Waals surface area contributed by atoms with Gasteiger partial charge >= 0.3 is 0 Å². The maximum Gasteiger partial charge on any atom is 0.275 e. The molecule has 1 heterocycles. The van der Waals surface area contributed by atoms with Gasteiger partial charge < -0.3 is 20.1 Å². The Hall–Kier alpha value is -3.32. The number of amides is 1. The number of rotatable bonds is 6. The standard InChI is InChI=1S/C19H17ClN4O3/c1-26-16-6-4-3-5-13(16)23-18-11-21-15(10-22-18)19(25)24-14-9-12(20)7-8-17(14)27-2/h3-11H,1-2H3,(H,22,23)(H,24,25). The monoisotopic (exact) mass is 384 g/mol. The molecule has 0 bridgehead atoms. The van der Waals surface area contributed by atoms with Crippen LogP contribution in [0.2, 0.25) is 5.02 Å². The third-order valence-corrected chi connectivity index (χ3v) is 3.90. The number of aromatic nitrogens is 2. The minimum absolute atomic E-state index is 0.155. The summed E-state index contributed by atoms with van der Waals surface area (Å²) in [6, 6.07) is 12.4. The second kappa shape index (κ2) is 8.37. The number of methoxy groups -OCH3 is 2. The molecule has 1 amide bonds. The Morgan fingerprint density at radius 2 is 1.70 bits per heavy atom. The molecule has 0 aliphatic rings. The summed E-state index contributed by atoms with van der Waals surface area (Å²) in [6.45, 7) is 0. The van der Waals surface area contributed by atoms with Gasteiger partial charge in [-0.15, -0.1) is 0 Å². The van der Waals surface area contributed by atoms with E-state index >= 15 is 0 Å². The number of carbonyl (C=O) groups is 1. The number of nitrogens with one attached hydrogen (secondary N) is 2. The van der Waals surface area contributed by atoms with Gasteiger partial charge in [0, 0.05) is 5.02 Å². The van der Waals surface area contributed by atoms with Crippen LogP contribution < -0.4 is 20.1 Å². The molecule has 0 aliphatic carbocycles. The highest BCUT2D eigenvalue weighted by Crippen LogP contribution is 2.28. The van der Waals surface area contributed by atoms with E-state index in [4.69, 9.17) is 21.1 Å². The predicted octanol–water partition coefficient (Wildman–Crippen LogP) is 4.14. The number of para-hydroxylation sites is 2. The lowest BCUT2D eigenvalue weighted by molar-refractivity contribution is 0.102. The zero-order valence-electron chi connectivity index (χ0n) is 14.7. The van der Waals surface area contributed by atoms with Crippen molar-refractivity contribution in [1.82, 2.24) is 9.97 Å². The summed E-state index contributed by atoms with van der Waals surface area (Å²) >= 11 is 5.97. The summed E-state index contributed by atoms with van der Waals surface area (Å²) in [5.74, 6) is 1.23. The van der Waals surface area contributed by atoms with Gasteiger partial charge in [0.05, 0.1) is 38.0 Å². The fourth-order valence-corrected chi connectivity index (χ4v) is 2.53. The fourth-order valence-electron chi connectivity index (χ4n) is 2.36. The summed E-state index contributed by atoms with van der Waals surface area (Å²) in [5.41, 5.74) is 1.35. The lowest BCUT2D eigenvalue weighted by Gasteiger charge is -2.11. The van der Waals surface area contributed by atoms with Crippen molar-refractivity contribution >= 4 is 34.7 Å². The maximum atomic E-state index is 12.4. The molecule has 3 aromatic rings. The Kier molecular flexibility index (Phi) is 5.73. The van der Waals surface area contributed by atoms with Crippen LogP contribution in [0.3, 0.4) is 0 Å². The summed E-state index contributed by atoms with van der Waals surface area (Å²) in [7, 11) is 3.10. The first-order valence-corrected chi connectivity index (χ1v) is 8.35. The molecule has 0 spiro atoms. The van der Waals surface area contributed by atoms with Gasteiger partial charge in [-0.1, -0.05) is 23.7 Å². The van der Waals surface area contributed by atoms with Crippen molar-refractivity contribution in [1.29, 1.82) is 0 Å². The topological polar surface area (TPSA) is 85.4 Å². The van der Waals surface area contributed by atoms with Gasteiger partial charge in [-0.3, -0.25) is 4.79 Å². The number of hydrogen-bond donors (Lipinski definition) is 2. The zero-order valence-corrected chi connectivity index (χ0v) is 15.4. The van der Waals surface area contributed by atoms with E-state index in [1.807, 2.05) is 24.3 Å². The van der Waals surface area contributed by atoms with Gasteiger partial charge in [-0.2, -0.15) is 0 Å². The molecule has 8 heteroatoms. The van der Waals surface area contributed by atoms with Crippen LogP contribution in [0.15, 0.2) is 54.9 Å². The molecule has 3 rings (SSSR count). The fraction of sp³-hybridized carbons (Fsp3) is 0.105. The van der Waals surface area contributed by atoms with Gasteiger partial charge in [0.25, 0.3) is 5.91 Å². The second-order valence-corrected chi connectivity index (χ2v) is 5.85. The molecular weight excluding hydrogens is 368 g/mol. The average molecular weight is 385 g/mol. The van der Waals surface area contributed by atoms with Gasteiger partial charge in [0.1, 0.15) is 23.0 Å². The molecule has 0 atom stereocenters. The van der Waals surface area contributed by atoms with Crippen molar-refractivity contribution in [3.63, 3.8) is 0 Å². The molecule has 0 saturated heterocycles. The van der Waals surface area contributed by atoms with E-state index in [1.54, 1.807) is 25.3 Å². The normalized spacial score (nSPS) is 10.2. The van der Waals surface area contributed by atoms with Crippen molar-refractivity contribution < 1.29 is 14.3 Å². The SMILES string of the molecule is COc1ccc(Cl)cc1NC(=O)c1cnc(Nc2ccccc2OC)cn1. The van der Waals surface area contributed by atoms with Crippen LogP contribution in [0.25, 0.3) is 0 Å². The number of nitrogens with zero attached hydrogens (tertiary/aromatic N) is 2. The van der Waals surface area contributed by atoms with Gasteiger partial charge in [-0.25, -0.2) is 9.97 Å². The summed E-state index contributed by atoms with van der Waals surface area (Å²) in [6.07, 6.45) is 2.85. The van der Waals surface area contributed by atoms with E-state index < -0.39 is 5.91 Å². The molecule has 0 saturated carbocycles. The van der Waals surface area contributed by atoms with Crippen LogP contribution in [0, 0.1) is 0 Å². The summed E-state index contributed by atoms with van der Waals surface area (Å²) < 4.78 is 10.5. The van der Waals surface area contributed by atoms with E-state index in [2.05, 4.69) is 20.6 Å². The van der Waals surface area contributed by atoms with E-state index in [9.17, 15) is 4.79 Å². The predicted molar refractivity (Wildman–Crippen MR) is 104 cm³/mol. The first-order valence-electron chi connectivity index (χ1n) is 7.97. The van der Waals surface area contributed by atoms with Crippen LogP contribution in [0.1, 0.15) is 10.5 Å². The smallest absolute Gasteiger partial charge is 0.275 e. The highest BCUT2D eigenvalue weighted by Gasteiger charge is 2.12. The summed E-state index contributed by atoms with van der Waals surface area (Å²) in [5, 5.41) is 6.29. The minimum atomic E-state index is -0.424. The Labute approximate surface area is 161 Å². The quantitative estimate of drug-likeness (QED) is 0.664. The van der Waals surface area contributed by atoms with Crippen molar-refractivity contribution in [3.05, 3.63) is 65.6 Å². The van der Waals surface area contributed by atoms with E-state index in [0.717, 1.165) is 5.69 Å². The first kappa shape index (κ1) is 18.5. The number of anilines is 3. The van der Waals surface area contributed by atoms with Crippen LogP contribution in [0.5, 0.6) is 11.5 Å². The number of halogens is 1. The molecule has 2 N–H and O–H groups in total. The van der Waals surface area contributed by atoms with E-state index in [1.165, 1.54) is 19.5 Å². The van der Waals surface area contributed by atoms with Crippen LogP contribution in [-0.2, 0) is 0 Å². The largest absolute Gasteiger partial charge is 0.495 e. The molecule has 0 unspecified atom stereocenters. The van der Waals surface area contributed by atoms with Gasteiger partial charge in [0.2, 0.25) is 0 Å². The number of carbonyl (C=O) groups excluding carboxylic acids is 1. The molecule has 2 aromatic carbocycles. The molecule has 0 radical (unpaired) electrons. The Balaban J connectivity index is 1.73. The van der Waals surface area contributed by atoms with Crippen LogP contribution >= 0.6 is 11.6 Å². The van der Waals surface area contributed by atoms with Gasteiger partial charge in [-0.05, 0) is 30.3 Å². The van der Waals surface area contributed by atoms with Crippen LogP contribution in [-0.4, -0.2) is 30.1 Å². The third kappa shape index (κ3) is 4.45. The molecule has 138 valence electrons. The Morgan fingerprint density at radius 3 is 2.41 bits per heavy atom. The van der Waals surface area contributed by atoms with Crippen LogP contribution in [0.4, 0.5) is 17.2 Å². The van der Waals surface area contributed by atoms with Crippen molar-refractivity contribution in [2.45, 2.75) is 0 Å². The number of benzene rings is 2. The first-order chi connectivity index (χ1) is 13.1. The lowest BCUT2D eigenvalue weighted by Crippen LogP contribution is -2.15. The van der Waals surface area contributed by atoms with Crippen molar-refractivity contribution in [2.24, 2.45) is 0 Å². The molecule has 7 nitrogen and oxygen atoms in total. The highest BCUT2D eigenvalue weighted by molar-refractivity contribution is 6.31. The molecule has 27 heavy (non-hydrogen) atoms. The lowest BCUT2D eigenvalue weighted by atomic mass is 10.2. The molecular formula is C19H17ClN4O3. The highest BCUT2D eigenvalue weighted by atomic mass is 35.5. The van der Waals surface area contributed by atoms with Gasteiger partial charge in [0.15, 0.2) is 0 Å². The van der Waals surface area contributed by atoms with E-state index in [0.29, 0.717) is 28.0 Å². The average Bonchev–Trinajstić information content (AvgIpc) is 2.69. The third-order valence-electron chi connectivity index (χ3n) is 3.66. The van der Waals surface area contributed by atoms with Crippen molar-refractivity contribution in [3.8, 4) is 11.5 Å². The molecule has 1 aromatic heterocycles. The van der Waals surface area contributed by atoms with E-state index in [-0.39, 0.29) is 5.69 Å². The molecule has 0 aliphatic heterocycles. The minimum Gasteiger partial charge on any atom is -0.495 e. The zero-order chi connectivity index (χ0) is 19.2. The number of hydrogen-bond acceptors (Lipinski definition) is 6. The molecule has 0 fully saturated rings. The number of ether oxygens (including phenoxy) is 2. The summed E-state index contributed by atoms with van der Waals surface area (Å²) in [4.78, 5) is 20.8. The van der Waals surface area contributed by atoms with Crippen molar-refractivity contribution in [2.75, 3.05) is 24.9 Å². The second-order valence-electron chi connectivity index (χ2n) is 5.41.